The van der Waals surface area contributed by atoms with E-state index in [0.29, 0.717) is 13.0 Å². The molecule has 3 rings (SSSR count). The molecule has 1 aliphatic rings. The number of carbonyl (C=O) groups is 1. The minimum atomic E-state index is 0. The number of aliphatic imine (C=N–C) groups is 1. The van der Waals surface area contributed by atoms with Gasteiger partial charge in [-0.25, -0.2) is 14.7 Å². The number of carbonyl (C=O) groups excluding carboxylic acids is 1. The van der Waals surface area contributed by atoms with Crippen molar-refractivity contribution in [1.82, 2.24) is 30.3 Å². The highest BCUT2D eigenvalue weighted by atomic mass is 127. The lowest BCUT2D eigenvalue weighted by molar-refractivity contribution is -0.127. The molecular weight excluding hydrogens is 469 g/mol. The average molecular weight is 497 g/mol. The summed E-state index contributed by atoms with van der Waals surface area (Å²) in [6, 6.07) is 8.10. The van der Waals surface area contributed by atoms with Gasteiger partial charge < -0.3 is 15.5 Å². The lowest BCUT2D eigenvalue weighted by Gasteiger charge is -2.16. The van der Waals surface area contributed by atoms with Gasteiger partial charge in [0.2, 0.25) is 5.91 Å². The maximum absolute atomic E-state index is 11.6. The molecule has 0 unspecified atom stereocenters. The third-order valence-corrected chi connectivity index (χ3v) is 4.45. The predicted octanol–water partition coefficient (Wildman–Crippen LogP) is 1.95. The van der Waals surface area contributed by atoms with Crippen molar-refractivity contribution in [1.29, 1.82) is 0 Å². The number of hydrogen-bond acceptors (Lipinski definition) is 4. The highest BCUT2D eigenvalue weighted by molar-refractivity contribution is 14.0. The summed E-state index contributed by atoms with van der Waals surface area (Å²) < 4.78 is 1.73. The number of guanidine groups is 1. The molecule has 1 fully saturated rings. The Morgan fingerprint density at radius 2 is 2.07 bits per heavy atom. The van der Waals surface area contributed by atoms with Crippen LogP contribution in [0.3, 0.4) is 0 Å². The van der Waals surface area contributed by atoms with E-state index >= 15 is 0 Å². The largest absolute Gasteiger partial charge is 0.357 e. The van der Waals surface area contributed by atoms with Crippen LogP contribution in [-0.4, -0.2) is 57.7 Å². The smallest absolute Gasteiger partial charge is 0.222 e. The second-order valence-corrected chi connectivity index (χ2v) is 6.47. The molecule has 8 nitrogen and oxygen atoms in total. The lowest BCUT2D eigenvalue weighted by Crippen LogP contribution is -2.39. The second-order valence-electron chi connectivity index (χ2n) is 6.47. The summed E-state index contributed by atoms with van der Waals surface area (Å²) in [5.74, 6) is 1.08. The molecule has 1 aromatic carbocycles. The van der Waals surface area contributed by atoms with E-state index in [9.17, 15) is 4.79 Å². The maximum Gasteiger partial charge on any atom is 0.222 e. The van der Waals surface area contributed by atoms with Gasteiger partial charge in [-0.15, -0.1) is 24.0 Å². The van der Waals surface area contributed by atoms with Gasteiger partial charge in [0.15, 0.2) is 5.96 Å². The molecule has 28 heavy (non-hydrogen) atoms. The molecule has 1 saturated heterocycles. The van der Waals surface area contributed by atoms with Crippen molar-refractivity contribution in [3.8, 4) is 5.69 Å². The molecule has 2 N–H and O–H groups in total. The van der Waals surface area contributed by atoms with Gasteiger partial charge in [0, 0.05) is 32.6 Å². The first-order chi connectivity index (χ1) is 13.3. The van der Waals surface area contributed by atoms with E-state index in [1.165, 1.54) is 6.33 Å². The van der Waals surface area contributed by atoms with Gasteiger partial charge in [0.25, 0.3) is 0 Å². The molecule has 0 atom stereocenters. The Balaban J connectivity index is 0.00000280. The number of nitrogens with zero attached hydrogens (tertiary/aromatic N) is 5. The van der Waals surface area contributed by atoms with Gasteiger partial charge in [-0.3, -0.25) is 4.79 Å². The summed E-state index contributed by atoms with van der Waals surface area (Å²) in [5, 5.41) is 10.7. The van der Waals surface area contributed by atoms with E-state index in [4.69, 9.17) is 0 Å². The van der Waals surface area contributed by atoms with Crippen LogP contribution in [0.1, 0.15) is 31.7 Å². The van der Waals surface area contributed by atoms with E-state index in [2.05, 4.69) is 25.7 Å². The normalized spacial score (nSPS) is 14.1. The average Bonchev–Trinajstić information content (AvgIpc) is 3.36. The number of hydrogen-bond donors (Lipinski definition) is 2. The number of halogens is 1. The van der Waals surface area contributed by atoms with Crippen LogP contribution < -0.4 is 10.6 Å². The number of likely N-dealkylation sites (tertiary alicyclic amines) is 1. The monoisotopic (exact) mass is 497 g/mol. The van der Waals surface area contributed by atoms with Gasteiger partial charge >= 0.3 is 0 Å². The Morgan fingerprint density at radius 3 is 2.71 bits per heavy atom. The molecule has 0 bridgehead atoms. The third kappa shape index (κ3) is 6.47. The lowest BCUT2D eigenvalue weighted by atomic mass is 10.2. The molecule has 152 valence electrons. The molecule has 2 aromatic rings. The minimum Gasteiger partial charge on any atom is -0.357 e. The summed E-state index contributed by atoms with van der Waals surface area (Å²) in [5.41, 5.74) is 2.10. The summed E-state index contributed by atoms with van der Waals surface area (Å²) in [6.07, 6.45) is 5.81. The Labute approximate surface area is 182 Å². The molecule has 2 heterocycles. The molecule has 0 aliphatic carbocycles. The number of benzene rings is 1. The fourth-order valence-corrected chi connectivity index (χ4v) is 3.02. The van der Waals surface area contributed by atoms with Crippen molar-refractivity contribution in [2.75, 3.05) is 26.2 Å². The predicted molar refractivity (Wildman–Crippen MR) is 120 cm³/mol. The Hall–Kier alpha value is -2.17. The van der Waals surface area contributed by atoms with Crippen LogP contribution in [0.25, 0.3) is 5.69 Å². The van der Waals surface area contributed by atoms with Crippen LogP contribution in [0.4, 0.5) is 0 Å². The van der Waals surface area contributed by atoms with Crippen LogP contribution in [0.5, 0.6) is 0 Å². The highest BCUT2D eigenvalue weighted by Gasteiger charge is 2.18. The Kier molecular flexibility index (Phi) is 9.18. The van der Waals surface area contributed by atoms with Crippen LogP contribution >= 0.6 is 24.0 Å². The fraction of sp³-hybridized carbons (Fsp3) is 0.474. The topological polar surface area (TPSA) is 87.4 Å². The molecule has 1 aromatic heterocycles. The molecule has 0 spiro atoms. The van der Waals surface area contributed by atoms with Gasteiger partial charge in [-0.2, -0.15) is 5.10 Å². The molecule has 1 aliphatic heterocycles. The van der Waals surface area contributed by atoms with Crippen molar-refractivity contribution in [2.45, 2.75) is 32.7 Å². The van der Waals surface area contributed by atoms with Crippen LogP contribution in [-0.2, 0) is 11.3 Å². The van der Waals surface area contributed by atoms with E-state index in [1.807, 2.05) is 36.1 Å². The van der Waals surface area contributed by atoms with Crippen molar-refractivity contribution in [3.05, 3.63) is 42.5 Å². The third-order valence-electron chi connectivity index (χ3n) is 4.45. The maximum atomic E-state index is 11.6. The first-order valence-corrected chi connectivity index (χ1v) is 9.50. The van der Waals surface area contributed by atoms with E-state index in [-0.39, 0.29) is 29.9 Å². The van der Waals surface area contributed by atoms with E-state index < -0.39 is 0 Å². The number of aromatic nitrogens is 3. The van der Waals surface area contributed by atoms with Crippen molar-refractivity contribution < 1.29 is 4.79 Å². The van der Waals surface area contributed by atoms with Crippen LogP contribution in [0, 0.1) is 0 Å². The highest BCUT2D eigenvalue weighted by Crippen LogP contribution is 2.10. The zero-order chi connectivity index (χ0) is 18.9. The molecule has 1 amide bonds. The Morgan fingerprint density at radius 1 is 1.25 bits per heavy atom. The van der Waals surface area contributed by atoms with E-state index in [1.54, 1.807) is 11.0 Å². The summed E-state index contributed by atoms with van der Waals surface area (Å²) in [7, 11) is 0. The van der Waals surface area contributed by atoms with Crippen molar-refractivity contribution >= 4 is 35.8 Å². The molecule has 0 radical (unpaired) electrons. The van der Waals surface area contributed by atoms with E-state index in [0.717, 1.165) is 56.2 Å². The number of nitrogens with one attached hydrogen (secondary N) is 2. The van der Waals surface area contributed by atoms with Crippen LogP contribution in [0.15, 0.2) is 41.9 Å². The molecule has 9 heteroatoms. The quantitative estimate of drug-likeness (QED) is 0.252. The summed E-state index contributed by atoms with van der Waals surface area (Å²) >= 11 is 0. The standard InChI is InChI=1S/C19H27N7O.HI/c1-2-21-19(22-10-4-12-25-11-3-5-18(25)27)23-13-16-6-8-17(9-7-16)26-15-20-14-24-26;/h6-9,14-15H,2-5,10-13H2,1H3,(H2,21,22,23);1H. The van der Waals surface area contributed by atoms with Gasteiger partial charge in [0.1, 0.15) is 12.7 Å². The van der Waals surface area contributed by atoms with Crippen molar-refractivity contribution in [2.24, 2.45) is 4.99 Å². The first-order valence-electron chi connectivity index (χ1n) is 9.50. The summed E-state index contributed by atoms with van der Waals surface area (Å²) in [4.78, 5) is 22.2. The van der Waals surface area contributed by atoms with Crippen molar-refractivity contribution in [3.63, 3.8) is 0 Å². The summed E-state index contributed by atoms with van der Waals surface area (Å²) in [6.45, 7) is 5.96. The zero-order valence-corrected chi connectivity index (χ0v) is 18.5. The molecular formula is C19H28IN7O. The SMILES string of the molecule is CCNC(=NCc1ccc(-n2cncn2)cc1)NCCCN1CCCC1=O.I. The Bertz CT molecular complexity index is 746. The number of rotatable bonds is 8. The first kappa shape index (κ1) is 22.1. The zero-order valence-electron chi connectivity index (χ0n) is 16.2. The minimum absolute atomic E-state index is 0. The fourth-order valence-electron chi connectivity index (χ4n) is 3.02. The molecule has 0 saturated carbocycles. The number of amides is 1. The van der Waals surface area contributed by atoms with Crippen LogP contribution in [0.2, 0.25) is 0 Å². The van der Waals surface area contributed by atoms with Gasteiger partial charge in [-0.1, -0.05) is 12.1 Å². The van der Waals surface area contributed by atoms with Gasteiger partial charge in [-0.05, 0) is 37.5 Å². The van der Waals surface area contributed by atoms with Gasteiger partial charge in [0.05, 0.1) is 12.2 Å². The second kappa shape index (κ2) is 11.6.